The lowest BCUT2D eigenvalue weighted by atomic mass is 10.0. The maximum atomic E-state index is 12.9. The molecule has 0 aromatic carbocycles. The number of likely N-dealkylation sites (N-methyl/N-ethyl adjacent to an activating group) is 1. The molecule has 9 heteroatoms. The predicted octanol–water partition coefficient (Wildman–Crippen LogP) is 15.3. The molecule has 73 heavy (non-hydrogen) atoms. The maximum absolute atomic E-state index is 12.9. The highest BCUT2D eigenvalue weighted by molar-refractivity contribution is 5.70. The second kappa shape index (κ2) is 53.7. The molecular weight excluding hydrogens is 911 g/mol. The Labute approximate surface area is 446 Å². The normalized spacial score (nSPS) is 13.8. The third kappa shape index (κ3) is 55.0. The van der Waals surface area contributed by atoms with Crippen LogP contribution in [0.1, 0.15) is 194 Å². The number of carbonyl (C=O) groups is 3. The number of carboxylic acid groups (broad SMARTS) is 1. The largest absolute Gasteiger partial charge is 0.545 e. The monoisotopic (exact) mass is 1010 g/mol. The first-order chi connectivity index (χ1) is 35.6. The van der Waals surface area contributed by atoms with Gasteiger partial charge in [-0.3, -0.25) is 9.59 Å². The fourth-order valence-electron chi connectivity index (χ4n) is 7.09. The van der Waals surface area contributed by atoms with Crippen molar-refractivity contribution in [2.75, 3.05) is 47.5 Å². The number of ether oxygens (including phenoxy) is 4. The van der Waals surface area contributed by atoms with Crippen LogP contribution in [0, 0.1) is 0 Å². The number of hydrogen-bond acceptors (Lipinski definition) is 8. The molecule has 0 saturated carbocycles. The number of unbranched alkanes of at least 4 members (excludes halogenated alkanes) is 13. The van der Waals surface area contributed by atoms with E-state index in [0.717, 1.165) is 116 Å². The zero-order chi connectivity index (χ0) is 53.4. The molecule has 0 fully saturated rings. The van der Waals surface area contributed by atoms with Gasteiger partial charge in [0.15, 0.2) is 12.4 Å². The van der Waals surface area contributed by atoms with E-state index < -0.39 is 30.3 Å². The molecule has 0 aromatic heterocycles. The average Bonchev–Trinajstić information content (AvgIpc) is 3.36. The standard InChI is InChI=1S/C64H103NO8/c1-6-8-10-12-14-16-18-20-22-24-26-27-28-29-30-31-32-33-34-35-37-39-41-43-45-47-49-51-53-55-62(67)73-60(59-72-64(63(68)69)70-57-56-65(3,4)5)58-71-61(66)54-52-50-48-46-44-42-40-38-36-25-23-21-19-17-15-13-11-9-7-2/h8-11,14-17,20-23,26-27,29-30,32-33,36,38,42,44,60,64H,6-7,12-13,18-19,24-25,28,31,34-35,37,39-41,43,45-59H2,1-5H3/b10-8-,11-9-,16-14-,17-15-,22-20-,23-21-,27-26-,30-29-,33-32-,38-36-,44-42-. The first-order valence-electron chi connectivity index (χ1n) is 28.3. The number of allylic oxidation sites excluding steroid dienone is 22. The fourth-order valence-corrected chi connectivity index (χ4v) is 7.09. The molecule has 0 spiro atoms. The molecule has 9 nitrogen and oxygen atoms in total. The van der Waals surface area contributed by atoms with Crippen molar-refractivity contribution in [2.24, 2.45) is 0 Å². The summed E-state index contributed by atoms with van der Waals surface area (Å²) in [4.78, 5) is 37.3. The quantitative estimate of drug-likeness (QED) is 0.0195. The summed E-state index contributed by atoms with van der Waals surface area (Å²) in [6.07, 6.45) is 73.5. The molecule has 0 aliphatic rings. The molecule has 2 unspecified atom stereocenters. The van der Waals surface area contributed by atoms with Gasteiger partial charge in [-0.1, -0.05) is 205 Å². The molecule has 0 aliphatic heterocycles. The fraction of sp³-hybridized carbons (Fsp3) is 0.609. The highest BCUT2D eigenvalue weighted by Crippen LogP contribution is 2.14. The van der Waals surface area contributed by atoms with E-state index in [4.69, 9.17) is 18.9 Å². The lowest BCUT2D eigenvalue weighted by molar-refractivity contribution is -0.870. The minimum absolute atomic E-state index is 0.133. The van der Waals surface area contributed by atoms with E-state index >= 15 is 0 Å². The van der Waals surface area contributed by atoms with Crippen LogP contribution in [0.4, 0.5) is 0 Å². The van der Waals surface area contributed by atoms with Crippen molar-refractivity contribution < 1.29 is 42.9 Å². The van der Waals surface area contributed by atoms with Crippen molar-refractivity contribution in [2.45, 2.75) is 206 Å². The zero-order valence-electron chi connectivity index (χ0n) is 46.7. The summed E-state index contributed by atoms with van der Waals surface area (Å²) < 4.78 is 22.6. The van der Waals surface area contributed by atoms with Gasteiger partial charge in [-0.15, -0.1) is 0 Å². The summed E-state index contributed by atoms with van der Waals surface area (Å²) in [5.41, 5.74) is 0. The Kier molecular flexibility index (Phi) is 50.4. The average molecular weight is 1010 g/mol. The van der Waals surface area contributed by atoms with Crippen molar-refractivity contribution in [1.82, 2.24) is 0 Å². The minimum atomic E-state index is -1.64. The Morgan fingerprint density at radius 1 is 0.411 bits per heavy atom. The maximum Gasteiger partial charge on any atom is 0.306 e. The van der Waals surface area contributed by atoms with Crippen LogP contribution in [0.15, 0.2) is 134 Å². The van der Waals surface area contributed by atoms with E-state index in [1.54, 1.807) is 0 Å². The third-order valence-electron chi connectivity index (χ3n) is 11.4. The molecule has 0 N–H and O–H groups in total. The van der Waals surface area contributed by atoms with E-state index in [1.165, 1.54) is 38.5 Å². The van der Waals surface area contributed by atoms with Gasteiger partial charge >= 0.3 is 11.9 Å². The van der Waals surface area contributed by atoms with Crippen molar-refractivity contribution in [1.29, 1.82) is 0 Å². The second-order valence-corrected chi connectivity index (χ2v) is 19.5. The van der Waals surface area contributed by atoms with Crippen molar-refractivity contribution in [3.8, 4) is 0 Å². The van der Waals surface area contributed by atoms with E-state index in [9.17, 15) is 19.5 Å². The zero-order valence-corrected chi connectivity index (χ0v) is 46.7. The topological polar surface area (TPSA) is 111 Å². The Morgan fingerprint density at radius 3 is 1.11 bits per heavy atom. The third-order valence-corrected chi connectivity index (χ3v) is 11.4. The lowest BCUT2D eigenvalue weighted by Crippen LogP contribution is -2.44. The van der Waals surface area contributed by atoms with Gasteiger partial charge in [-0.05, 0) is 109 Å². The Balaban J connectivity index is 4.34. The molecule has 0 aliphatic carbocycles. The van der Waals surface area contributed by atoms with E-state index in [2.05, 4.69) is 148 Å². The van der Waals surface area contributed by atoms with Crippen LogP contribution >= 0.6 is 0 Å². The molecule has 0 radical (unpaired) electrons. The number of rotatable bonds is 50. The van der Waals surface area contributed by atoms with Gasteiger partial charge in [-0.2, -0.15) is 0 Å². The van der Waals surface area contributed by atoms with Crippen LogP contribution in [-0.4, -0.2) is 82.3 Å². The summed E-state index contributed by atoms with van der Waals surface area (Å²) in [6.45, 7) is 4.45. The predicted molar refractivity (Wildman–Crippen MR) is 306 cm³/mol. The molecule has 0 amide bonds. The van der Waals surface area contributed by atoms with Crippen LogP contribution in [-0.2, 0) is 33.3 Å². The lowest BCUT2D eigenvalue weighted by Gasteiger charge is -2.26. The number of quaternary nitrogens is 1. The van der Waals surface area contributed by atoms with Gasteiger partial charge in [0.2, 0.25) is 0 Å². The van der Waals surface area contributed by atoms with Crippen molar-refractivity contribution in [3.63, 3.8) is 0 Å². The van der Waals surface area contributed by atoms with Gasteiger partial charge in [0.05, 0.1) is 40.3 Å². The molecule has 0 aromatic rings. The number of aliphatic carboxylic acids is 1. The summed E-state index contributed by atoms with van der Waals surface area (Å²) >= 11 is 0. The molecule has 0 bridgehead atoms. The van der Waals surface area contributed by atoms with Gasteiger partial charge in [0.25, 0.3) is 0 Å². The Morgan fingerprint density at radius 2 is 0.740 bits per heavy atom. The highest BCUT2D eigenvalue weighted by atomic mass is 16.7. The highest BCUT2D eigenvalue weighted by Gasteiger charge is 2.22. The summed E-state index contributed by atoms with van der Waals surface area (Å²) in [5, 5.41) is 11.8. The first-order valence-corrected chi connectivity index (χ1v) is 28.3. The second-order valence-electron chi connectivity index (χ2n) is 19.5. The first kappa shape index (κ1) is 68.4. The molecule has 0 heterocycles. The van der Waals surface area contributed by atoms with Crippen LogP contribution < -0.4 is 5.11 Å². The smallest absolute Gasteiger partial charge is 0.306 e. The van der Waals surface area contributed by atoms with Crippen LogP contribution in [0.5, 0.6) is 0 Å². The van der Waals surface area contributed by atoms with Crippen LogP contribution in [0.2, 0.25) is 0 Å². The molecule has 0 saturated heterocycles. The summed E-state index contributed by atoms with van der Waals surface area (Å²) in [5.74, 6) is -2.35. The summed E-state index contributed by atoms with van der Waals surface area (Å²) in [6, 6.07) is 0. The SMILES string of the molecule is CC/C=C\C/C=C\C/C=C\C/C=C\C/C=C\C/C=C\CCCCCCCCCCCCC(=O)OC(COC(=O)CCCCC/C=C\C/C=C\C/C=C\C/C=C\C/C=C\CC)COC(OCC[N+](C)(C)C)C(=O)[O-]. The van der Waals surface area contributed by atoms with E-state index in [-0.39, 0.29) is 32.7 Å². The number of hydrogen-bond donors (Lipinski definition) is 0. The van der Waals surface area contributed by atoms with Gasteiger partial charge < -0.3 is 33.3 Å². The molecule has 0 rings (SSSR count). The molecular formula is C64H103NO8. The Bertz CT molecular complexity index is 1650. The van der Waals surface area contributed by atoms with Crippen molar-refractivity contribution in [3.05, 3.63) is 134 Å². The molecule has 2 atom stereocenters. The number of nitrogens with zero attached hydrogens (tertiary/aromatic N) is 1. The Hall–Kier alpha value is -4.57. The molecule has 412 valence electrons. The van der Waals surface area contributed by atoms with E-state index in [0.29, 0.717) is 23.9 Å². The van der Waals surface area contributed by atoms with Crippen LogP contribution in [0.3, 0.4) is 0 Å². The van der Waals surface area contributed by atoms with Gasteiger partial charge in [0.1, 0.15) is 13.2 Å². The number of esters is 2. The van der Waals surface area contributed by atoms with Crippen LogP contribution in [0.25, 0.3) is 0 Å². The summed E-state index contributed by atoms with van der Waals surface area (Å²) in [7, 11) is 5.90. The van der Waals surface area contributed by atoms with Gasteiger partial charge in [0, 0.05) is 12.8 Å². The van der Waals surface area contributed by atoms with Gasteiger partial charge in [-0.25, -0.2) is 0 Å². The number of carboxylic acids is 1. The minimum Gasteiger partial charge on any atom is -0.545 e. The van der Waals surface area contributed by atoms with E-state index in [1.807, 2.05) is 21.1 Å². The number of carbonyl (C=O) groups excluding carboxylic acids is 3. The van der Waals surface area contributed by atoms with Crippen molar-refractivity contribution >= 4 is 17.9 Å².